The van der Waals surface area contributed by atoms with Crippen molar-refractivity contribution in [2.75, 3.05) is 72.5 Å². The third-order valence-corrected chi connectivity index (χ3v) is 3.70. The molecule has 0 unspecified atom stereocenters. The predicted molar refractivity (Wildman–Crippen MR) is 74.6 cm³/mol. The molecule has 102 valence electrons. The Balaban J connectivity index is 2.05. The maximum atomic E-state index is 3.40. The fourth-order valence-corrected chi connectivity index (χ4v) is 2.21. The largest absolute Gasteiger partial charge is 0.314 e. The van der Waals surface area contributed by atoms with Crippen LogP contribution in [0.4, 0.5) is 0 Å². The van der Waals surface area contributed by atoms with Gasteiger partial charge < -0.3 is 15.1 Å². The Morgan fingerprint density at radius 1 is 1.00 bits per heavy atom. The van der Waals surface area contributed by atoms with Crippen LogP contribution in [0.1, 0.15) is 13.8 Å². The van der Waals surface area contributed by atoms with Gasteiger partial charge in [0.15, 0.2) is 0 Å². The lowest BCUT2D eigenvalue weighted by Crippen LogP contribution is -2.46. The highest BCUT2D eigenvalue weighted by atomic mass is 15.2. The molecular weight excluding hydrogens is 212 g/mol. The molecule has 17 heavy (non-hydrogen) atoms. The minimum atomic E-state index is 1.16. The molecule has 0 aromatic rings. The van der Waals surface area contributed by atoms with Crippen LogP contribution < -0.4 is 5.32 Å². The van der Waals surface area contributed by atoms with E-state index in [1.54, 1.807) is 0 Å². The summed E-state index contributed by atoms with van der Waals surface area (Å²) in [5.41, 5.74) is 0. The minimum absolute atomic E-state index is 1.16. The summed E-state index contributed by atoms with van der Waals surface area (Å²) in [6, 6.07) is 0. The van der Waals surface area contributed by atoms with Crippen molar-refractivity contribution >= 4 is 0 Å². The smallest absolute Gasteiger partial charge is 0.0110 e. The summed E-state index contributed by atoms with van der Waals surface area (Å²) in [5.74, 6) is 0. The Morgan fingerprint density at radius 3 is 2.24 bits per heavy atom. The van der Waals surface area contributed by atoms with E-state index in [1.165, 1.54) is 52.4 Å². The second kappa shape index (κ2) is 8.86. The molecule has 4 heteroatoms. The van der Waals surface area contributed by atoms with E-state index in [0.29, 0.717) is 0 Å². The topological polar surface area (TPSA) is 21.8 Å². The Labute approximate surface area is 107 Å². The van der Waals surface area contributed by atoms with E-state index in [-0.39, 0.29) is 0 Å². The fraction of sp³-hybridized carbons (Fsp3) is 1.00. The van der Waals surface area contributed by atoms with E-state index in [0.717, 1.165) is 13.1 Å². The molecular formula is C13H30N4. The number of nitrogens with one attached hydrogen (secondary N) is 1. The molecule has 1 rings (SSSR count). The van der Waals surface area contributed by atoms with Gasteiger partial charge in [0.05, 0.1) is 0 Å². The van der Waals surface area contributed by atoms with E-state index in [4.69, 9.17) is 0 Å². The molecule has 0 aliphatic carbocycles. The van der Waals surface area contributed by atoms with Gasteiger partial charge in [0, 0.05) is 52.4 Å². The number of hydrogen-bond acceptors (Lipinski definition) is 4. The van der Waals surface area contributed by atoms with Gasteiger partial charge in [-0.05, 0) is 20.1 Å². The molecule has 0 bridgehead atoms. The van der Waals surface area contributed by atoms with Crippen LogP contribution in [0.5, 0.6) is 0 Å². The molecule has 1 aliphatic rings. The molecule has 0 radical (unpaired) electrons. The number of nitrogens with zero attached hydrogens (tertiary/aromatic N) is 3. The quantitative estimate of drug-likeness (QED) is 0.655. The van der Waals surface area contributed by atoms with Gasteiger partial charge in [-0.1, -0.05) is 13.8 Å². The van der Waals surface area contributed by atoms with E-state index < -0.39 is 0 Å². The third-order valence-electron chi connectivity index (χ3n) is 3.70. The second-order valence-corrected chi connectivity index (χ2v) is 4.92. The van der Waals surface area contributed by atoms with Crippen LogP contribution in [-0.2, 0) is 0 Å². The van der Waals surface area contributed by atoms with Crippen molar-refractivity contribution in [3.05, 3.63) is 0 Å². The molecule has 0 aromatic carbocycles. The molecule has 1 N–H and O–H groups in total. The van der Waals surface area contributed by atoms with E-state index in [2.05, 4.69) is 40.9 Å². The molecule has 1 saturated heterocycles. The highest BCUT2D eigenvalue weighted by Gasteiger charge is 2.10. The van der Waals surface area contributed by atoms with Gasteiger partial charge >= 0.3 is 0 Å². The monoisotopic (exact) mass is 242 g/mol. The maximum absolute atomic E-state index is 3.40. The Kier molecular flexibility index (Phi) is 7.77. The van der Waals surface area contributed by atoms with Crippen LogP contribution in [0.15, 0.2) is 0 Å². The normalized spacial score (nSPS) is 18.2. The van der Waals surface area contributed by atoms with E-state index in [1.807, 2.05) is 0 Å². The van der Waals surface area contributed by atoms with E-state index in [9.17, 15) is 0 Å². The minimum Gasteiger partial charge on any atom is -0.314 e. The lowest BCUT2D eigenvalue weighted by atomic mass is 10.3. The average Bonchev–Trinajstić information content (AvgIpc) is 2.39. The van der Waals surface area contributed by atoms with Crippen molar-refractivity contribution in [3.8, 4) is 0 Å². The highest BCUT2D eigenvalue weighted by Crippen LogP contribution is 1.94. The summed E-state index contributed by atoms with van der Waals surface area (Å²) in [6.45, 7) is 16.4. The van der Waals surface area contributed by atoms with Crippen molar-refractivity contribution in [1.29, 1.82) is 0 Å². The molecule has 0 aromatic heterocycles. The molecule has 1 aliphatic heterocycles. The molecule has 0 spiro atoms. The Morgan fingerprint density at radius 2 is 1.65 bits per heavy atom. The van der Waals surface area contributed by atoms with Gasteiger partial charge in [0.25, 0.3) is 0 Å². The van der Waals surface area contributed by atoms with Crippen molar-refractivity contribution in [2.45, 2.75) is 13.8 Å². The summed E-state index contributed by atoms with van der Waals surface area (Å²) in [7, 11) is 2.24. The number of piperazine rings is 1. The van der Waals surface area contributed by atoms with Crippen LogP contribution >= 0.6 is 0 Å². The standard InChI is InChI=1S/C13H30N4/c1-4-16(5-2)12-10-15(3)11-13-17-8-6-14-7-9-17/h14H,4-13H2,1-3H3. The molecule has 0 atom stereocenters. The second-order valence-electron chi connectivity index (χ2n) is 4.92. The lowest BCUT2D eigenvalue weighted by Gasteiger charge is -2.29. The van der Waals surface area contributed by atoms with Crippen molar-refractivity contribution in [2.24, 2.45) is 0 Å². The Bertz CT molecular complexity index is 176. The van der Waals surface area contributed by atoms with Crippen LogP contribution in [0, 0.1) is 0 Å². The first kappa shape index (κ1) is 14.9. The SMILES string of the molecule is CCN(CC)CCN(C)CCN1CCNCC1. The zero-order valence-electron chi connectivity index (χ0n) is 11.9. The van der Waals surface area contributed by atoms with Gasteiger partial charge in [0.2, 0.25) is 0 Å². The summed E-state index contributed by atoms with van der Waals surface area (Å²) >= 11 is 0. The van der Waals surface area contributed by atoms with Crippen LogP contribution in [0.2, 0.25) is 0 Å². The van der Waals surface area contributed by atoms with Gasteiger partial charge in [0.1, 0.15) is 0 Å². The molecule has 1 fully saturated rings. The first-order chi connectivity index (χ1) is 8.26. The predicted octanol–water partition coefficient (Wildman–Crippen LogP) is 0.165. The summed E-state index contributed by atoms with van der Waals surface area (Å²) in [6.07, 6.45) is 0. The van der Waals surface area contributed by atoms with Gasteiger partial charge in [-0.15, -0.1) is 0 Å². The number of likely N-dealkylation sites (N-methyl/N-ethyl adjacent to an activating group) is 2. The van der Waals surface area contributed by atoms with Gasteiger partial charge in [-0.2, -0.15) is 0 Å². The van der Waals surface area contributed by atoms with Gasteiger partial charge in [-0.25, -0.2) is 0 Å². The average molecular weight is 242 g/mol. The molecule has 1 heterocycles. The number of rotatable bonds is 8. The third kappa shape index (κ3) is 6.36. The summed E-state index contributed by atoms with van der Waals surface area (Å²) in [5, 5.41) is 3.40. The number of hydrogen-bond donors (Lipinski definition) is 1. The molecule has 4 nitrogen and oxygen atoms in total. The molecule has 0 saturated carbocycles. The molecule has 0 amide bonds. The Hall–Kier alpha value is -0.160. The lowest BCUT2D eigenvalue weighted by molar-refractivity contribution is 0.190. The van der Waals surface area contributed by atoms with Crippen LogP contribution in [0.3, 0.4) is 0 Å². The van der Waals surface area contributed by atoms with Crippen molar-refractivity contribution < 1.29 is 0 Å². The first-order valence-electron chi connectivity index (χ1n) is 7.10. The zero-order valence-corrected chi connectivity index (χ0v) is 11.9. The first-order valence-corrected chi connectivity index (χ1v) is 7.10. The summed E-state index contributed by atoms with van der Waals surface area (Å²) < 4.78 is 0. The highest BCUT2D eigenvalue weighted by molar-refractivity contribution is 4.69. The van der Waals surface area contributed by atoms with Gasteiger partial charge in [-0.3, -0.25) is 4.90 Å². The zero-order chi connectivity index (χ0) is 12.5. The van der Waals surface area contributed by atoms with Crippen LogP contribution in [-0.4, -0.2) is 87.2 Å². The van der Waals surface area contributed by atoms with E-state index >= 15 is 0 Å². The summed E-state index contributed by atoms with van der Waals surface area (Å²) in [4.78, 5) is 7.51. The maximum Gasteiger partial charge on any atom is 0.0110 e. The van der Waals surface area contributed by atoms with Crippen LogP contribution in [0.25, 0.3) is 0 Å². The fourth-order valence-electron chi connectivity index (χ4n) is 2.21. The van der Waals surface area contributed by atoms with Crippen molar-refractivity contribution in [3.63, 3.8) is 0 Å². The van der Waals surface area contributed by atoms with Crippen molar-refractivity contribution in [1.82, 2.24) is 20.0 Å².